The molecule has 1 unspecified atom stereocenters. The van der Waals surface area contributed by atoms with Gasteiger partial charge in [0, 0.05) is 23.7 Å². The van der Waals surface area contributed by atoms with E-state index in [0.717, 1.165) is 10.8 Å². The number of aromatic nitrogens is 1. The average molecular weight is 324 g/mol. The summed E-state index contributed by atoms with van der Waals surface area (Å²) in [6.45, 7) is 4.42. The van der Waals surface area contributed by atoms with E-state index in [9.17, 15) is 4.79 Å². The summed E-state index contributed by atoms with van der Waals surface area (Å²) in [7, 11) is 2.05. The minimum atomic E-state index is -0.160. The van der Waals surface area contributed by atoms with Gasteiger partial charge in [0.25, 0.3) is 0 Å². The Labute approximate surface area is 133 Å². The summed E-state index contributed by atoms with van der Waals surface area (Å²) in [4.78, 5) is 19.5. The number of ether oxygens (including phenoxy) is 1. The van der Waals surface area contributed by atoms with Crippen LogP contribution in [0.4, 0.5) is 5.13 Å². The van der Waals surface area contributed by atoms with Crippen LogP contribution in [-0.2, 0) is 16.0 Å². The Kier molecular flexibility index (Phi) is 5.76. The molecule has 1 atom stereocenters. The average Bonchev–Trinajstić information content (AvgIpc) is 3.15. The summed E-state index contributed by atoms with van der Waals surface area (Å²) < 4.78 is 4.93. The third-order valence-corrected chi connectivity index (χ3v) is 5.29. The van der Waals surface area contributed by atoms with Gasteiger partial charge in [0.05, 0.1) is 24.8 Å². The third kappa shape index (κ3) is 4.28. The molecule has 114 valence electrons. The lowest BCUT2D eigenvalue weighted by Crippen LogP contribution is -2.20. The lowest BCUT2D eigenvalue weighted by Gasteiger charge is -2.23. The number of nitrogens with zero attached hydrogens (tertiary/aromatic N) is 2. The van der Waals surface area contributed by atoms with Gasteiger partial charge in [-0.2, -0.15) is 0 Å². The molecule has 0 aliphatic rings. The smallest absolute Gasteiger partial charge is 0.306 e. The minimum absolute atomic E-state index is 0.160. The first-order valence-electron chi connectivity index (χ1n) is 6.98. The molecule has 2 aromatic heterocycles. The highest BCUT2D eigenvalue weighted by Gasteiger charge is 2.16. The lowest BCUT2D eigenvalue weighted by molar-refractivity contribution is -0.143. The van der Waals surface area contributed by atoms with Gasteiger partial charge in [0.1, 0.15) is 0 Å². The van der Waals surface area contributed by atoms with Gasteiger partial charge in [-0.3, -0.25) is 4.79 Å². The standard InChI is InChI=1S/C15H20N2O2S2/c1-4-19-14(18)8-7-12-10-21-15(16-12)17(3)11(2)13-6-5-9-20-13/h5-6,9-11H,4,7-8H2,1-3H3. The number of carbonyl (C=O) groups is 1. The number of esters is 1. The number of rotatable bonds is 7. The van der Waals surface area contributed by atoms with E-state index >= 15 is 0 Å². The fourth-order valence-electron chi connectivity index (χ4n) is 1.92. The monoisotopic (exact) mass is 324 g/mol. The fourth-order valence-corrected chi connectivity index (χ4v) is 3.65. The van der Waals surface area contributed by atoms with Gasteiger partial charge in [-0.15, -0.1) is 22.7 Å². The van der Waals surface area contributed by atoms with Crippen molar-refractivity contribution in [2.24, 2.45) is 0 Å². The van der Waals surface area contributed by atoms with E-state index in [-0.39, 0.29) is 5.97 Å². The van der Waals surface area contributed by atoms with Crippen molar-refractivity contribution in [3.63, 3.8) is 0 Å². The summed E-state index contributed by atoms with van der Waals surface area (Å²) in [5.41, 5.74) is 0.952. The molecule has 4 nitrogen and oxygen atoms in total. The third-order valence-electron chi connectivity index (χ3n) is 3.27. The van der Waals surface area contributed by atoms with Gasteiger partial charge in [-0.1, -0.05) is 6.07 Å². The van der Waals surface area contributed by atoms with Crippen LogP contribution in [0, 0.1) is 0 Å². The Morgan fingerprint density at radius 3 is 2.95 bits per heavy atom. The largest absolute Gasteiger partial charge is 0.466 e. The normalized spacial score (nSPS) is 12.1. The Bertz CT molecular complexity index is 566. The molecule has 0 radical (unpaired) electrons. The van der Waals surface area contributed by atoms with Crippen LogP contribution in [0.1, 0.15) is 36.9 Å². The van der Waals surface area contributed by atoms with Crippen molar-refractivity contribution in [3.05, 3.63) is 33.5 Å². The zero-order chi connectivity index (χ0) is 15.2. The van der Waals surface area contributed by atoms with Gasteiger partial charge < -0.3 is 9.64 Å². The van der Waals surface area contributed by atoms with E-state index in [1.165, 1.54) is 4.88 Å². The van der Waals surface area contributed by atoms with Gasteiger partial charge in [-0.25, -0.2) is 4.98 Å². The number of carbonyl (C=O) groups excluding carboxylic acids is 1. The molecule has 6 heteroatoms. The molecule has 0 bridgehead atoms. The van der Waals surface area contributed by atoms with Gasteiger partial charge in [-0.05, 0) is 25.3 Å². The summed E-state index contributed by atoms with van der Waals surface area (Å²) in [6.07, 6.45) is 1.03. The molecule has 0 amide bonds. The summed E-state index contributed by atoms with van der Waals surface area (Å²) in [6, 6.07) is 4.51. The van der Waals surface area contributed by atoms with Crippen molar-refractivity contribution < 1.29 is 9.53 Å². The highest BCUT2D eigenvalue weighted by molar-refractivity contribution is 7.13. The topological polar surface area (TPSA) is 42.4 Å². The maximum absolute atomic E-state index is 11.4. The molecule has 0 aliphatic carbocycles. The number of aryl methyl sites for hydroxylation is 1. The first-order valence-corrected chi connectivity index (χ1v) is 8.74. The second-order valence-corrected chi connectivity index (χ2v) is 6.54. The van der Waals surface area contributed by atoms with Crippen LogP contribution >= 0.6 is 22.7 Å². The number of hydrogen-bond acceptors (Lipinski definition) is 6. The molecule has 0 aliphatic heterocycles. The summed E-state index contributed by atoms with van der Waals surface area (Å²) in [5, 5.41) is 5.09. The van der Waals surface area contributed by atoms with Crippen LogP contribution in [0.5, 0.6) is 0 Å². The molecule has 0 spiro atoms. The zero-order valence-electron chi connectivity index (χ0n) is 12.5. The molecule has 2 rings (SSSR count). The number of thiophene rings is 1. The van der Waals surface area contributed by atoms with Crippen molar-refractivity contribution in [2.75, 3.05) is 18.6 Å². The SMILES string of the molecule is CCOC(=O)CCc1csc(N(C)C(C)c2cccs2)n1. The molecular formula is C15H20N2O2S2. The van der Waals surface area contributed by atoms with Crippen molar-refractivity contribution in [2.45, 2.75) is 32.7 Å². The summed E-state index contributed by atoms with van der Waals surface area (Å²) >= 11 is 3.37. The molecule has 2 heterocycles. The first kappa shape index (κ1) is 16.0. The van der Waals surface area contributed by atoms with Gasteiger partial charge in [0.2, 0.25) is 0 Å². The molecule has 0 fully saturated rings. The molecule has 21 heavy (non-hydrogen) atoms. The van der Waals surface area contributed by atoms with Crippen molar-refractivity contribution in [1.82, 2.24) is 4.98 Å². The van der Waals surface area contributed by atoms with Crippen LogP contribution in [0.15, 0.2) is 22.9 Å². The van der Waals surface area contributed by atoms with Crippen molar-refractivity contribution in [3.8, 4) is 0 Å². The fraction of sp³-hybridized carbons (Fsp3) is 0.467. The molecule has 0 saturated carbocycles. The van der Waals surface area contributed by atoms with E-state index in [4.69, 9.17) is 4.74 Å². The van der Waals surface area contributed by atoms with E-state index in [1.54, 1.807) is 22.7 Å². The quantitative estimate of drug-likeness (QED) is 0.725. The predicted octanol–water partition coefficient (Wildman–Crippen LogP) is 3.90. The van der Waals surface area contributed by atoms with Gasteiger partial charge >= 0.3 is 5.97 Å². The Hall–Kier alpha value is -1.40. The lowest BCUT2D eigenvalue weighted by atomic mass is 10.2. The minimum Gasteiger partial charge on any atom is -0.466 e. The van der Waals surface area contributed by atoms with Crippen LogP contribution in [0.25, 0.3) is 0 Å². The van der Waals surface area contributed by atoms with Crippen molar-refractivity contribution >= 4 is 33.8 Å². The molecule has 0 aromatic carbocycles. The summed E-state index contributed by atoms with van der Waals surface area (Å²) in [5.74, 6) is -0.160. The van der Waals surface area contributed by atoms with Gasteiger partial charge in [0.15, 0.2) is 5.13 Å². The highest BCUT2D eigenvalue weighted by Crippen LogP contribution is 2.30. The highest BCUT2D eigenvalue weighted by atomic mass is 32.1. The van der Waals surface area contributed by atoms with Crippen molar-refractivity contribution in [1.29, 1.82) is 0 Å². The first-order chi connectivity index (χ1) is 10.1. The van der Waals surface area contributed by atoms with Crippen LogP contribution in [0.2, 0.25) is 0 Å². The Balaban J connectivity index is 1.94. The number of thiazole rings is 1. The molecule has 0 saturated heterocycles. The molecule has 2 aromatic rings. The van der Waals surface area contributed by atoms with Crippen LogP contribution in [0.3, 0.4) is 0 Å². The van der Waals surface area contributed by atoms with E-state index in [0.29, 0.717) is 25.5 Å². The Morgan fingerprint density at radius 2 is 2.29 bits per heavy atom. The van der Waals surface area contributed by atoms with E-state index in [1.807, 2.05) is 12.3 Å². The molecule has 0 N–H and O–H groups in total. The Morgan fingerprint density at radius 1 is 1.48 bits per heavy atom. The van der Waals surface area contributed by atoms with Crippen LogP contribution < -0.4 is 4.90 Å². The second kappa shape index (κ2) is 7.56. The number of anilines is 1. The number of hydrogen-bond donors (Lipinski definition) is 0. The second-order valence-electron chi connectivity index (χ2n) is 4.73. The zero-order valence-corrected chi connectivity index (χ0v) is 14.2. The van der Waals surface area contributed by atoms with E-state index in [2.05, 4.69) is 41.4 Å². The maximum atomic E-state index is 11.4. The maximum Gasteiger partial charge on any atom is 0.306 e. The van der Waals surface area contributed by atoms with E-state index < -0.39 is 0 Å². The predicted molar refractivity (Wildman–Crippen MR) is 88.2 cm³/mol. The molecular weight excluding hydrogens is 304 g/mol. The van der Waals surface area contributed by atoms with Crippen LogP contribution in [-0.4, -0.2) is 24.6 Å².